The van der Waals surface area contributed by atoms with Gasteiger partial charge in [0.05, 0.1) is 17.1 Å². The second kappa shape index (κ2) is 10.00. The van der Waals surface area contributed by atoms with Crippen LogP contribution in [0.3, 0.4) is 0 Å². The molecule has 8 nitrogen and oxygen atoms in total. The number of benzene rings is 2. The summed E-state index contributed by atoms with van der Waals surface area (Å²) in [5, 5.41) is 5.76. The molecule has 2 aliphatic rings. The van der Waals surface area contributed by atoms with Crippen LogP contribution in [-0.2, 0) is 14.4 Å². The second-order valence-corrected chi connectivity index (χ2v) is 8.90. The van der Waals surface area contributed by atoms with Gasteiger partial charge in [0, 0.05) is 43.0 Å². The number of nitrogens with one attached hydrogen (secondary N) is 2. The Morgan fingerprint density at radius 1 is 1.25 bits per heavy atom. The first-order chi connectivity index (χ1) is 17.0. The van der Waals surface area contributed by atoms with Gasteiger partial charge in [0.25, 0.3) is 5.91 Å². The molecule has 36 heavy (non-hydrogen) atoms. The average Bonchev–Trinajstić information content (AvgIpc) is 2.93. The number of primary amides is 1. The molecule has 2 heterocycles. The lowest BCUT2D eigenvalue weighted by atomic mass is 9.97. The third-order valence-corrected chi connectivity index (χ3v) is 6.14. The van der Waals surface area contributed by atoms with E-state index in [1.54, 1.807) is 0 Å². The van der Waals surface area contributed by atoms with Gasteiger partial charge in [-0.3, -0.25) is 14.4 Å². The molecule has 2 atom stereocenters. The number of anilines is 2. The van der Waals surface area contributed by atoms with Crippen molar-refractivity contribution in [1.29, 1.82) is 0 Å². The molecule has 3 amide bonds. The zero-order chi connectivity index (χ0) is 26.0. The summed E-state index contributed by atoms with van der Waals surface area (Å²) in [7, 11) is 0. The highest BCUT2D eigenvalue weighted by molar-refractivity contribution is 6.22. The maximum absolute atomic E-state index is 13.6. The SMILES string of the molecule is Cc1cccc(C2=NC(NC(=O)C(CCC(F)(F)F)CC(N)=O)C(=O)N3CCNc4cccc2c43)c1. The van der Waals surface area contributed by atoms with Gasteiger partial charge in [0.15, 0.2) is 0 Å². The smallest absolute Gasteiger partial charge is 0.382 e. The number of para-hydroxylation sites is 1. The molecular formula is C25H26F3N5O3. The van der Waals surface area contributed by atoms with Gasteiger partial charge >= 0.3 is 6.18 Å². The van der Waals surface area contributed by atoms with Crippen LogP contribution in [0.2, 0.25) is 0 Å². The molecule has 11 heteroatoms. The summed E-state index contributed by atoms with van der Waals surface area (Å²) < 4.78 is 38.5. The number of hydrogen-bond donors (Lipinski definition) is 3. The standard InChI is InChI=1S/C25H26F3N5O3/c1-14-4-2-5-15(12-14)20-17-6-3-7-18-21(17)33(11-10-30-18)24(36)22(31-20)32-23(35)16(13-19(29)34)8-9-25(26,27)28/h2-7,12,16,22,30H,8-11,13H2,1H3,(H2,29,34)(H,32,35). The molecule has 0 radical (unpaired) electrons. The van der Waals surface area contributed by atoms with Crippen molar-refractivity contribution in [3.05, 3.63) is 59.2 Å². The highest BCUT2D eigenvalue weighted by atomic mass is 19.4. The fourth-order valence-electron chi connectivity index (χ4n) is 4.48. The summed E-state index contributed by atoms with van der Waals surface area (Å²) in [5.74, 6) is -3.66. The number of carbonyl (C=O) groups is 3. The summed E-state index contributed by atoms with van der Waals surface area (Å²) in [6.45, 7) is 2.69. The fourth-order valence-corrected chi connectivity index (χ4v) is 4.48. The van der Waals surface area contributed by atoms with Crippen LogP contribution in [0, 0.1) is 12.8 Å². The Kier molecular flexibility index (Phi) is 7.00. The Balaban J connectivity index is 1.74. The van der Waals surface area contributed by atoms with Crippen molar-refractivity contribution in [3.63, 3.8) is 0 Å². The summed E-state index contributed by atoms with van der Waals surface area (Å²) in [6.07, 6.45) is -8.38. The van der Waals surface area contributed by atoms with Gasteiger partial charge in [0.2, 0.25) is 18.0 Å². The van der Waals surface area contributed by atoms with Gasteiger partial charge < -0.3 is 21.3 Å². The molecule has 0 aromatic heterocycles. The third-order valence-electron chi connectivity index (χ3n) is 6.14. The second-order valence-electron chi connectivity index (χ2n) is 8.90. The van der Waals surface area contributed by atoms with E-state index in [1.807, 2.05) is 49.4 Å². The number of aliphatic imine (C=N–C) groups is 1. The van der Waals surface area contributed by atoms with Crippen LogP contribution in [0.25, 0.3) is 0 Å². The minimum atomic E-state index is -4.51. The third kappa shape index (κ3) is 5.50. The van der Waals surface area contributed by atoms with E-state index in [4.69, 9.17) is 5.73 Å². The van der Waals surface area contributed by atoms with E-state index in [0.29, 0.717) is 35.6 Å². The van der Waals surface area contributed by atoms with Gasteiger partial charge in [-0.15, -0.1) is 0 Å². The lowest BCUT2D eigenvalue weighted by Crippen LogP contribution is -2.51. The number of halogens is 3. The Labute approximate surface area is 205 Å². The molecular weight excluding hydrogens is 475 g/mol. The van der Waals surface area contributed by atoms with Crippen LogP contribution in [0.1, 0.15) is 36.0 Å². The van der Waals surface area contributed by atoms with Gasteiger partial charge in [-0.25, -0.2) is 4.99 Å². The molecule has 0 spiro atoms. The molecule has 2 unspecified atom stereocenters. The van der Waals surface area contributed by atoms with Crippen molar-refractivity contribution >= 4 is 34.8 Å². The van der Waals surface area contributed by atoms with E-state index in [2.05, 4.69) is 15.6 Å². The van der Waals surface area contributed by atoms with E-state index in [0.717, 1.165) is 11.3 Å². The minimum absolute atomic E-state index is 0.310. The average molecular weight is 502 g/mol. The van der Waals surface area contributed by atoms with Gasteiger partial charge in [0.1, 0.15) is 0 Å². The minimum Gasteiger partial charge on any atom is -0.382 e. The van der Waals surface area contributed by atoms with Crippen LogP contribution in [0.4, 0.5) is 24.5 Å². The number of nitrogens with two attached hydrogens (primary N) is 1. The maximum Gasteiger partial charge on any atom is 0.389 e. The summed E-state index contributed by atoms with van der Waals surface area (Å²) in [6, 6.07) is 13.0. The van der Waals surface area contributed by atoms with Crippen LogP contribution in [-0.4, -0.2) is 48.9 Å². The Hall–Kier alpha value is -3.89. The summed E-state index contributed by atoms with van der Waals surface area (Å²) >= 11 is 0. The van der Waals surface area contributed by atoms with Crippen LogP contribution < -0.4 is 21.3 Å². The number of alkyl halides is 3. The van der Waals surface area contributed by atoms with Crippen molar-refractivity contribution < 1.29 is 27.6 Å². The highest BCUT2D eigenvalue weighted by Crippen LogP contribution is 2.37. The zero-order valence-electron chi connectivity index (χ0n) is 19.6. The molecule has 0 saturated carbocycles. The highest BCUT2D eigenvalue weighted by Gasteiger charge is 2.38. The molecule has 2 aromatic carbocycles. The molecule has 2 aliphatic heterocycles. The van der Waals surface area contributed by atoms with Crippen molar-refractivity contribution in [1.82, 2.24) is 5.32 Å². The van der Waals surface area contributed by atoms with E-state index in [9.17, 15) is 27.6 Å². The predicted molar refractivity (Wildman–Crippen MR) is 129 cm³/mol. The topological polar surface area (TPSA) is 117 Å². The van der Waals surface area contributed by atoms with Gasteiger partial charge in [-0.2, -0.15) is 13.2 Å². The number of nitrogens with zero attached hydrogens (tertiary/aromatic N) is 2. The lowest BCUT2D eigenvalue weighted by Gasteiger charge is -2.32. The molecule has 0 aliphatic carbocycles. The summed E-state index contributed by atoms with van der Waals surface area (Å²) in [5.41, 5.74) is 9.35. The molecule has 190 valence electrons. The van der Waals surface area contributed by atoms with Gasteiger partial charge in [-0.1, -0.05) is 35.9 Å². The molecule has 0 bridgehead atoms. The normalized spacial score (nSPS) is 17.9. The van der Waals surface area contributed by atoms with Crippen molar-refractivity contribution in [3.8, 4) is 0 Å². The molecule has 4 N–H and O–H groups in total. The Bertz CT molecular complexity index is 1230. The summed E-state index contributed by atoms with van der Waals surface area (Å²) in [4.78, 5) is 44.2. The molecule has 0 fully saturated rings. The van der Waals surface area contributed by atoms with Crippen LogP contribution in [0.5, 0.6) is 0 Å². The Morgan fingerprint density at radius 3 is 2.69 bits per heavy atom. The van der Waals surface area contributed by atoms with Crippen molar-refractivity contribution in [2.75, 3.05) is 23.3 Å². The first-order valence-electron chi connectivity index (χ1n) is 11.5. The number of rotatable bonds is 7. The monoisotopic (exact) mass is 501 g/mol. The number of hydrogen-bond acceptors (Lipinski definition) is 5. The van der Waals surface area contributed by atoms with Crippen LogP contribution in [0.15, 0.2) is 47.5 Å². The fraction of sp³-hybridized carbons (Fsp3) is 0.360. The lowest BCUT2D eigenvalue weighted by molar-refractivity contribution is -0.143. The molecule has 0 saturated heterocycles. The Morgan fingerprint density at radius 2 is 2.00 bits per heavy atom. The number of aryl methyl sites for hydroxylation is 1. The largest absolute Gasteiger partial charge is 0.389 e. The zero-order valence-corrected chi connectivity index (χ0v) is 19.6. The quantitative estimate of drug-likeness (QED) is 0.541. The molecule has 2 aromatic rings. The predicted octanol–water partition coefficient (Wildman–Crippen LogP) is 2.88. The van der Waals surface area contributed by atoms with E-state index in [-0.39, 0.29) is 0 Å². The number of amides is 3. The van der Waals surface area contributed by atoms with E-state index in [1.165, 1.54) is 4.90 Å². The number of carbonyl (C=O) groups excluding carboxylic acids is 3. The first kappa shape index (κ1) is 25.2. The van der Waals surface area contributed by atoms with E-state index >= 15 is 0 Å². The van der Waals surface area contributed by atoms with Crippen molar-refractivity contribution in [2.45, 2.75) is 38.5 Å². The molecule has 4 rings (SSSR count). The first-order valence-corrected chi connectivity index (χ1v) is 11.5. The van der Waals surface area contributed by atoms with Crippen molar-refractivity contribution in [2.24, 2.45) is 16.6 Å². The van der Waals surface area contributed by atoms with Crippen LogP contribution >= 0.6 is 0 Å². The van der Waals surface area contributed by atoms with Gasteiger partial charge in [-0.05, 0) is 25.5 Å². The maximum atomic E-state index is 13.6. The van der Waals surface area contributed by atoms with E-state index < -0.39 is 55.2 Å².